The number of benzene rings is 3. The van der Waals surface area contributed by atoms with Gasteiger partial charge in [-0.25, -0.2) is 0 Å². The molecule has 4 rings (SSSR count). The van der Waals surface area contributed by atoms with Gasteiger partial charge in [0.2, 0.25) is 0 Å². The summed E-state index contributed by atoms with van der Waals surface area (Å²) in [4.78, 5) is 2.38. The molecule has 0 spiro atoms. The molecule has 0 N–H and O–H groups in total. The van der Waals surface area contributed by atoms with Crippen LogP contribution in [0.2, 0.25) is 0 Å². The molecule has 3 aromatic rings. The number of hydrogen-bond donors (Lipinski definition) is 0. The number of anilines is 3. The highest BCUT2D eigenvalue weighted by molar-refractivity contribution is 6.62. The van der Waals surface area contributed by atoms with Crippen molar-refractivity contribution in [2.75, 3.05) is 4.90 Å². The molecule has 0 amide bonds. The second-order valence-corrected chi connectivity index (χ2v) is 14.1. The highest BCUT2D eigenvalue weighted by Gasteiger charge is 2.51. The van der Waals surface area contributed by atoms with Gasteiger partial charge in [0, 0.05) is 17.1 Å². The lowest BCUT2D eigenvalue weighted by molar-refractivity contribution is 0.00578. The van der Waals surface area contributed by atoms with Crippen LogP contribution in [0, 0.1) is 11.8 Å². The summed E-state index contributed by atoms with van der Waals surface area (Å²) < 4.78 is 12.7. The monoisotopic (exact) mass is 595 g/mol. The van der Waals surface area contributed by atoms with E-state index in [1.165, 1.54) is 73.9 Å². The number of unbranched alkanes of at least 4 members (excludes halogenated alkanes) is 2. The van der Waals surface area contributed by atoms with Gasteiger partial charge in [0.15, 0.2) is 0 Å². The maximum Gasteiger partial charge on any atom is 0.494 e. The minimum Gasteiger partial charge on any atom is -0.399 e. The Bertz CT molecular complexity index is 1190. The van der Waals surface area contributed by atoms with Gasteiger partial charge in [-0.1, -0.05) is 115 Å². The fourth-order valence-electron chi connectivity index (χ4n) is 6.32. The maximum atomic E-state index is 6.34. The van der Waals surface area contributed by atoms with E-state index in [1.54, 1.807) is 0 Å². The van der Waals surface area contributed by atoms with Crippen LogP contribution in [0.1, 0.15) is 118 Å². The second-order valence-electron chi connectivity index (χ2n) is 14.1. The van der Waals surface area contributed by atoms with Crippen LogP contribution in [0.15, 0.2) is 72.8 Å². The lowest BCUT2D eigenvalue weighted by Crippen LogP contribution is -2.41. The molecule has 3 aromatic carbocycles. The minimum atomic E-state index is -0.362. The van der Waals surface area contributed by atoms with Crippen molar-refractivity contribution in [3.8, 4) is 0 Å². The van der Waals surface area contributed by atoms with E-state index in [1.807, 2.05) is 0 Å². The summed E-state index contributed by atoms with van der Waals surface area (Å²) in [6.07, 6.45) is 12.6. The zero-order valence-corrected chi connectivity index (χ0v) is 29.0. The Morgan fingerprint density at radius 3 is 1.27 bits per heavy atom. The van der Waals surface area contributed by atoms with E-state index in [2.05, 4.69) is 133 Å². The molecule has 0 bridgehead atoms. The molecule has 0 aromatic heterocycles. The average molecular weight is 596 g/mol. The first kappa shape index (κ1) is 34.3. The molecule has 0 aliphatic carbocycles. The van der Waals surface area contributed by atoms with Gasteiger partial charge >= 0.3 is 7.12 Å². The standard InChI is InChI=1S/C40H58BNO2/c1-9-13-15-31(11-3)29-33-17-23-36(24-18-33)42(37-25-19-34(20-26-37)30-32(12-4)16-14-10-2)38-27-21-35(22-28-38)41-43-39(5,6)40(7,8)44-41/h17-28,31-32H,9-16,29-30H2,1-8H3. The van der Waals surface area contributed by atoms with Gasteiger partial charge in [0.1, 0.15) is 0 Å². The number of nitrogens with zero attached hydrogens (tertiary/aromatic N) is 1. The van der Waals surface area contributed by atoms with Crippen molar-refractivity contribution in [2.24, 2.45) is 11.8 Å². The average Bonchev–Trinajstić information content (AvgIpc) is 3.25. The summed E-state index contributed by atoms with van der Waals surface area (Å²) in [5.74, 6) is 1.52. The second kappa shape index (κ2) is 15.6. The summed E-state index contributed by atoms with van der Waals surface area (Å²) in [7, 11) is -0.362. The summed E-state index contributed by atoms with van der Waals surface area (Å²) in [5, 5.41) is 0. The van der Waals surface area contributed by atoms with Gasteiger partial charge in [0.05, 0.1) is 11.2 Å². The molecule has 238 valence electrons. The lowest BCUT2D eigenvalue weighted by atomic mass is 9.79. The van der Waals surface area contributed by atoms with Crippen molar-refractivity contribution >= 4 is 29.6 Å². The molecule has 1 heterocycles. The molecule has 1 fully saturated rings. The fraction of sp³-hybridized carbons (Fsp3) is 0.550. The van der Waals surface area contributed by atoms with Crippen LogP contribution in [0.25, 0.3) is 0 Å². The van der Waals surface area contributed by atoms with Gasteiger partial charge < -0.3 is 14.2 Å². The summed E-state index contributed by atoms with van der Waals surface area (Å²) in [6.45, 7) is 17.7. The van der Waals surface area contributed by atoms with Gasteiger partial charge in [-0.15, -0.1) is 0 Å². The summed E-state index contributed by atoms with van der Waals surface area (Å²) in [5.41, 5.74) is 6.70. The molecule has 2 atom stereocenters. The zero-order valence-electron chi connectivity index (χ0n) is 29.0. The molecule has 0 saturated carbocycles. The van der Waals surface area contributed by atoms with Crippen molar-refractivity contribution < 1.29 is 9.31 Å². The fourth-order valence-corrected chi connectivity index (χ4v) is 6.32. The van der Waals surface area contributed by atoms with Crippen molar-refractivity contribution in [2.45, 2.75) is 131 Å². The molecule has 0 radical (unpaired) electrons. The molecule has 4 heteroatoms. The first-order chi connectivity index (χ1) is 21.1. The minimum absolute atomic E-state index is 0.355. The maximum absolute atomic E-state index is 6.34. The molecule has 1 aliphatic rings. The van der Waals surface area contributed by atoms with Crippen molar-refractivity contribution in [3.63, 3.8) is 0 Å². The van der Waals surface area contributed by atoms with Crippen molar-refractivity contribution in [3.05, 3.63) is 83.9 Å². The Hall–Kier alpha value is -2.56. The van der Waals surface area contributed by atoms with E-state index in [9.17, 15) is 0 Å². The van der Waals surface area contributed by atoms with Crippen LogP contribution >= 0.6 is 0 Å². The normalized spacial score (nSPS) is 17.0. The van der Waals surface area contributed by atoms with Gasteiger partial charge in [-0.05, 0) is 105 Å². The van der Waals surface area contributed by atoms with E-state index < -0.39 is 0 Å². The van der Waals surface area contributed by atoms with E-state index >= 15 is 0 Å². The Morgan fingerprint density at radius 2 is 0.932 bits per heavy atom. The van der Waals surface area contributed by atoms with E-state index in [4.69, 9.17) is 9.31 Å². The van der Waals surface area contributed by atoms with E-state index in [0.29, 0.717) is 0 Å². The highest BCUT2D eigenvalue weighted by Crippen LogP contribution is 2.38. The first-order valence-corrected chi connectivity index (χ1v) is 17.5. The molecule has 1 saturated heterocycles. The third kappa shape index (κ3) is 8.58. The molecule has 44 heavy (non-hydrogen) atoms. The van der Waals surface area contributed by atoms with Gasteiger partial charge in [-0.3, -0.25) is 0 Å². The Labute approximate surface area is 269 Å². The first-order valence-electron chi connectivity index (χ1n) is 17.5. The third-order valence-electron chi connectivity index (χ3n) is 10.2. The summed E-state index contributed by atoms with van der Waals surface area (Å²) in [6, 6.07) is 27.3. The quantitative estimate of drug-likeness (QED) is 0.154. The third-order valence-corrected chi connectivity index (χ3v) is 10.2. The SMILES string of the molecule is CCCCC(CC)Cc1ccc(N(c2ccc(CC(CC)CCCC)cc2)c2ccc(B3OC(C)(C)C(C)(C)O3)cc2)cc1. The van der Waals surface area contributed by atoms with Crippen molar-refractivity contribution in [1.29, 1.82) is 0 Å². The molecule has 3 nitrogen and oxygen atoms in total. The van der Waals surface area contributed by atoms with Crippen LogP contribution in [0.5, 0.6) is 0 Å². The Balaban J connectivity index is 1.61. The van der Waals surface area contributed by atoms with Crippen LogP contribution < -0.4 is 10.4 Å². The predicted molar refractivity (Wildman–Crippen MR) is 191 cm³/mol. The topological polar surface area (TPSA) is 21.7 Å². The Morgan fingerprint density at radius 1 is 0.568 bits per heavy atom. The molecular formula is C40H58BNO2. The Kier molecular flexibility index (Phi) is 12.2. The van der Waals surface area contributed by atoms with Crippen LogP contribution in [-0.4, -0.2) is 18.3 Å². The van der Waals surface area contributed by atoms with Gasteiger partial charge in [0.25, 0.3) is 0 Å². The van der Waals surface area contributed by atoms with E-state index in [0.717, 1.165) is 35.8 Å². The summed E-state index contributed by atoms with van der Waals surface area (Å²) >= 11 is 0. The zero-order chi connectivity index (χ0) is 31.7. The molecule has 1 aliphatic heterocycles. The lowest BCUT2D eigenvalue weighted by Gasteiger charge is -2.32. The predicted octanol–water partition coefficient (Wildman–Crippen LogP) is 11.0. The molecular weight excluding hydrogens is 537 g/mol. The van der Waals surface area contributed by atoms with Crippen molar-refractivity contribution in [1.82, 2.24) is 0 Å². The largest absolute Gasteiger partial charge is 0.494 e. The van der Waals surface area contributed by atoms with Crippen LogP contribution in [0.4, 0.5) is 17.1 Å². The van der Waals surface area contributed by atoms with E-state index in [-0.39, 0.29) is 18.3 Å². The van der Waals surface area contributed by atoms with Gasteiger partial charge in [-0.2, -0.15) is 0 Å². The number of rotatable bonds is 16. The van der Waals surface area contributed by atoms with Crippen LogP contribution in [0.3, 0.4) is 0 Å². The smallest absolute Gasteiger partial charge is 0.399 e. The van der Waals surface area contributed by atoms with Crippen LogP contribution in [-0.2, 0) is 22.2 Å². The number of hydrogen-bond acceptors (Lipinski definition) is 3. The molecule has 2 unspecified atom stereocenters. The highest BCUT2D eigenvalue weighted by atomic mass is 16.7.